The number of hydrogen-bond donors (Lipinski definition) is 3. The summed E-state index contributed by atoms with van der Waals surface area (Å²) in [6.45, 7) is 0. The lowest BCUT2D eigenvalue weighted by atomic mass is 9.49. The van der Waals surface area contributed by atoms with E-state index in [1.807, 2.05) is 48.5 Å². The molecule has 0 radical (unpaired) electrons. The molecule has 2 aliphatic heterocycles. The summed E-state index contributed by atoms with van der Waals surface area (Å²) in [6.07, 6.45) is 2.18. The number of ether oxygens (including phenoxy) is 1. The van der Waals surface area contributed by atoms with E-state index >= 15 is 4.79 Å². The van der Waals surface area contributed by atoms with Crippen LogP contribution >= 0.6 is 34.8 Å². The van der Waals surface area contributed by atoms with Crippen molar-refractivity contribution in [3.63, 3.8) is 0 Å². The average Bonchev–Trinajstić information content (AvgIpc) is 3.61. The van der Waals surface area contributed by atoms with E-state index in [1.54, 1.807) is 60.7 Å². The predicted molar refractivity (Wildman–Crippen MR) is 222 cm³/mol. The topological polar surface area (TPSA) is 128 Å². The molecule has 5 aromatic carbocycles. The summed E-state index contributed by atoms with van der Waals surface area (Å²) in [4.78, 5) is 60.7. The summed E-state index contributed by atoms with van der Waals surface area (Å²) >= 11 is 19.4. The monoisotopic (exact) mass is 832 g/mol. The zero-order valence-electron chi connectivity index (χ0n) is 30.9. The molecule has 58 heavy (non-hydrogen) atoms. The van der Waals surface area contributed by atoms with E-state index in [0.717, 1.165) is 16.4 Å². The second-order valence-corrected chi connectivity index (χ2v) is 16.2. The molecular formula is C45H35Cl3N4O6. The van der Waals surface area contributed by atoms with Crippen molar-refractivity contribution in [2.45, 2.75) is 24.2 Å². The number of allylic oxidation sites excluding steroid dienone is 2. The fourth-order valence-corrected chi connectivity index (χ4v) is 10.2. The lowest BCUT2D eigenvalue weighted by Crippen LogP contribution is -2.53. The van der Waals surface area contributed by atoms with Gasteiger partial charge in [-0.25, -0.2) is 0 Å². The number of phenolic OH excluding ortho intramolecular Hbond substituents is 1. The maximum atomic E-state index is 15.5. The van der Waals surface area contributed by atoms with E-state index < -0.39 is 46.8 Å². The number of carbonyl (C=O) groups excluding carboxylic acids is 4. The van der Waals surface area contributed by atoms with Crippen LogP contribution in [0.1, 0.15) is 29.9 Å². The van der Waals surface area contributed by atoms with Crippen LogP contribution < -0.4 is 20.4 Å². The molecule has 4 amide bonds. The van der Waals surface area contributed by atoms with Crippen LogP contribution in [0.2, 0.25) is 15.1 Å². The van der Waals surface area contributed by atoms with Crippen molar-refractivity contribution in [3.8, 4) is 11.5 Å². The van der Waals surface area contributed by atoms with E-state index in [2.05, 4.69) is 10.7 Å². The van der Waals surface area contributed by atoms with Gasteiger partial charge in [-0.2, -0.15) is 5.01 Å². The van der Waals surface area contributed by atoms with E-state index in [1.165, 1.54) is 24.1 Å². The fourth-order valence-electron chi connectivity index (χ4n) is 9.58. The Labute approximate surface area is 348 Å². The minimum Gasteiger partial charge on any atom is -0.508 e. The van der Waals surface area contributed by atoms with Gasteiger partial charge in [-0.3, -0.25) is 29.5 Å². The van der Waals surface area contributed by atoms with Crippen LogP contribution in [0.15, 0.2) is 127 Å². The average molecular weight is 834 g/mol. The van der Waals surface area contributed by atoms with Crippen molar-refractivity contribution in [2.75, 3.05) is 22.8 Å². The number of hydrazine groups is 1. The molecule has 4 aliphatic rings. The molecule has 5 aromatic rings. The zero-order chi connectivity index (χ0) is 40.5. The van der Waals surface area contributed by atoms with Crippen molar-refractivity contribution in [3.05, 3.63) is 153 Å². The largest absolute Gasteiger partial charge is 0.508 e. The van der Waals surface area contributed by atoms with Crippen LogP contribution in [0, 0.1) is 23.7 Å². The number of benzene rings is 5. The highest BCUT2D eigenvalue weighted by Gasteiger charge is 2.70. The second-order valence-electron chi connectivity index (χ2n) is 15.0. The molecule has 6 unspecified atom stereocenters. The fraction of sp³-hybridized carbons (Fsp3) is 0.200. The number of fused-ring (bicyclic) bond motifs is 4. The van der Waals surface area contributed by atoms with Crippen LogP contribution in [-0.2, 0) is 24.6 Å². The standard InChI is InChI=1S/C45H35Cl3N4O6/c1-58-30-15-7-24(8-16-30)45-35(42(55)52(44(45)57)50-37-19-9-26(47)22-36(37)48)23-33-31(40(45)34-21-25(46)10-20-38(34)53)17-18-32-39(33)43(56)51(41(32)54)29-13-11-28(12-14-29)49-27-5-3-2-4-6-27/h2-17,19-22,32-33,35,39-40,49-50,53H,18,23H2,1H3. The first-order valence-electron chi connectivity index (χ1n) is 18.7. The first-order chi connectivity index (χ1) is 28.0. The molecule has 2 heterocycles. The zero-order valence-corrected chi connectivity index (χ0v) is 33.1. The summed E-state index contributed by atoms with van der Waals surface area (Å²) in [7, 11) is 1.53. The highest BCUT2D eigenvalue weighted by atomic mass is 35.5. The summed E-state index contributed by atoms with van der Waals surface area (Å²) in [5, 5.41) is 16.8. The van der Waals surface area contributed by atoms with Crippen molar-refractivity contribution in [1.29, 1.82) is 0 Å². The molecule has 13 heteroatoms. The van der Waals surface area contributed by atoms with Crippen LogP contribution in [-0.4, -0.2) is 40.9 Å². The molecule has 0 aromatic heterocycles. The van der Waals surface area contributed by atoms with Gasteiger partial charge in [0.25, 0.3) is 11.8 Å². The molecule has 0 spiro atoms. The van der Waals surface area contributed by atoms with Gasteiger partial charge >= 0.3 is 0 Å². The number of rotatable bonds is 8. The number of carbonyl (C=O) groups is 4. The van der Waals surface area contributed by atoms with Crippen molar-refractivity contribution in [2.24, 2.45) is 23.7 Å². The summed E-state index contributed by atoms with van der Waals surface area (Å²) in [5.74, 6) is -5.76. The highest BCUT2D eigenvalue weighted by Crippen LogP contribution is 2.65. The molecule has 292 valence electrons. The number of hydrogen-bond acceptors (Lipinski definition) is 8. The Morgan fingerprint density at radius 2 is 1.45 bits per heavy atom. The third-order valence-corrected chi connectivity index (χ3v) is 12.9. The van der Waals surface area contributed by atoms with Gasteiger partial charge in [-0.15, -0.1) is 0 Å². The number of imide groups is 2. The third-order valence-electron chi connectivity index (χ3n) is 12.1. The first kappa shape index (κ1) is 37.7. The van der Waals surface area contributed by atoms with E-state index in [4.69, 9.17) is 39.5 Å². The van der Waals surface area contributed by atoms with Gasteiger partial charge in [-0.05, 0) is 109 Å². The molecule has 2 aliphatic carbocycles. The summed E-state index contributed by atoms with van der Waals surface area (Å²) in [6, 6.07) is 32.9. The van der Waals surface area contributed by atoms with Crippen LogP contribution in [0.3, 0.4) is 0 Å². The molecule has 2 saturated heterocycles. The lowest BCUT2D eigenvalue weighted by Gasteiger charge is -2.50. The Bertz CT molecular complexity index is 2530. The molecule has 0 bridgehead atoms. The Balaban J connectivity index is 1.17. The van der Waals surface area contributed by atoms with Crippen molar-refractivity contribution < 1.29 is 29.0 Å². The molecule has 3 N–H and O–H groups in total. The maximum absolute atomic E-state index is 15.5. The van der Waals surface area contributed by atoms with E-state index in [-0.39, 0.29) is 41.1 Å². The molecule has 9 rings (SSSR count). The van der Waals surface area contributed by atoms with Crippen LogP contribution in [0.5, 0.6) is 11.5 Å². The van der Waals surface area contributed by atoms with Gasteiger partial charge in [0.1, 0.15) is 11.5 Å². The number of phenols is 1. The number of nitrogens with one attached hydrogen (secondary N) is 2. The Kier molecular flexibility index (Phi) is 9.46. The molecule has 3 fully saturated rings. The molecule has 1 saturated carbocycles. The van der Waals surface area contributed by atoms with Gasteiger partial charge in [0.05, 0.1) is 46.7 Å². The van der Waals surface area contributed by atoms with E-state index in [9.17, 15) is 19.5 Å². The van der Waals surface area contributed by atoms with E-state index in [0.29, 0.717) is 38.2 Å². The van der Waals surface area contributed by atoms with Gasteiger partial charge in [-0.1, -0.05) is 76.8 Å². The maximum Gasteiger partial charge on any atom is 0.260 e. The number of nitrogens with zero attached hydrogens (tertiary/aromatic N) is 2. The molecule has 10 nitrogen and oxygen atoms in total. The van der Waals surface area contributed by atoms with Crippen LogP contribution in [0.25, 0.3) is 0 Å². The van der Waals surface area contributed by atoms with Crippen molar-refractivity contribution in [1.82, 2.24) is 5.01 Å². The van der Waals surface area contributed by atoms with Gasteiger partial charge in [0.15, 0.2) is 0 Å². The molecular weight excluding hydrogens is 799 g/mol. The first-order valence-corrected chi connectivity index (χ1v) is 19.9. The normalized spacial score (nSPS) is 24.9. The summed E-state index contributed by atoms with van der Waals surface area (Å²) in [5.41, 5.74) is 5.17. The van der Waals surface area contributed by atoms with Gasteiger partial charge in [0.2, 0.25) is 11.8 Å². The lowest BCUT2D eigenvalue weighted by molar-refractivity contribution is -0.138. The molecule has 6 atom stereocenters. The predicted octanol–water partition coefficient (Wildman–Crippen LogP) is 9.29. The highest BCUT2D eigenvalue weighted by molar-refractivity contribution is 6.36. The number of halogens is 3. The van der Waals surface area contributed by atoms with Crippen LogP contribution in [0.4, 0.5) is 22.7 Å². The smallest absolute Gasteiger partial charge is 0.260 e. The number of aromatic hydroxyl groups is 1. The van der Waals surface area contributed by atoms with Crippen molar-refractivity contribution >= 4 is 81.2 Å². The third kappa shape index (κ3) is 5.92. The minimum atomic E-state index is -1.65. The Morgan fingerprint density at radius 1 is 0.759 bits per heavy atom. The summed E-state index contributed by atoms with van der Waals surface area (Å²) < 4.78 is 5.47. The number of amides is 4. The quantitative estimate of drug-likeness (QED) is 0.104. The van der Waals surface area contributed by atoms with Gasteiger partial charge < -0.3 is 15.2 Å². The SMILES string of the molecule is COc1ccc(C23C(=O)N(Nc4ccc(Cl)cc4Cl)C(=O)C2CC2C(=CCC4C(=O)N(c5ccc(Nc6ccccc6)cc5)C(=O)C42)C3c2cc(Cl)ccc2O)cc1. The second kappa shape index (κ2) is 14.5. The number of para-hydroxylation sites is 1. The number of anilines is 4. The minimum absolute atomic E-state index is 0.0563. The number of methoxy groups -OCH3 is 1. The Hall–Kier alpha value is -5.81. The Morgan fingerprint density at radius 3 is 2.16 bits per heavy atom. The van der Waals surface area contributed by atoms with Gasteiger partial charge in [0, 0.05) is 32.9 Å².